The van der Waals surface area contributed by atoms with Gasteiger partial charge in [-0.1, -0.05) is 42.0 Å². The minimum Gasteiger partial charge on any atom is -0.484 e. The Morgan fingerprint density at radius 1 is 1.10 bits per heavy atom. The van der Waals surface area contributed by atoms with Gasteiger partial charge in [-0.2, -0.15) is 5.26 Å². The number of hydrogen-bond donors (Lipinski definition) is 1. The van der Waals surface area contributed by atoms with Crippen LogP contribution in [0, 0.1) is 18.3 Å². The Labute approximate surface area is 126 Å². The maximum Gasteiger partial charge on any atom is 0.138 e. The van der Waals surface area contributed by atoms with Gasteiger partial charge in [0.25, 0.3) is 0 Å². The molecule has 0 heterocycles. The number of ether oxygens (including phenoxy) is 1. The Kier molecular flexibility index (Phi) is 4.97. The molecule has 2 rings (SSSR count). The maximum absolute atomic E-state index is 8.68. The fraction of sp³-hybridized carbons (Fsp3) is 0.278. The van der Waals surface area contributed by atoms with E-state index in [-0.39, 0.29) is 12.1 Å². The zero-order valence-corrected chi connectivity index (χ0v) is 12.4. The first-order valence-corrected chi connectivity index (χ1v) is 7.05. The third-order valence-electron chi connectivity index (χ3n) is 3.35. The van der Waals surface area contributed by atoms with E-state index in [1.54, 1.807) is 0 Å². The lowest BCUT2D eigenvalue weighted by Crippen LogP contribution is -2.29. The summed E-state index contributed by atoms with van der Waals surface area (Å²) in [4.78, 5) is 0. The molecule has 0 aliphatic rings. The predicted molar refractivity (Wildman–Crippen MR) is 84.0 cm³/mol. The molecule has 108 valence electrons. The summed E-state index contributed by atoms with van der Waals surface area (Å²) in [6.07, 6.45) is 0.224. The quantitative estimate of drug-likeness (QED) is 0.911. The smallest absolute Gasteiger partial charge is 0.138 e. The van der Waals surface area contributed by atoms with Crippen LogP contribution in [0.1, 0.15) is 29.7 Å². The van der Waals surface area contributed by atoms with Crippen LogP contribution in [0.25, 0.3) is 0 Å². The zero-order valence-electron chi connectivity index (χ0n) is 12.4. The van der Waals surface area contributed by atoms with Crippen LogP contribution in [-0.2, 0) is 6.42 Å². The lowest BCUT2D eigenvalue weighted by atomic mass is 10.0. The highest BCUT2D eigenvalue weighted by Crippen LogP contribution is 2.25. The van der Waals surface area contributed by atoms with Gasteiger partial charge < -0.3 is 10.5 Å². The van der Waals surface area contributed by atoms with Crippen LogP contribution in [0.3, 0.4) is 0 Å². The second kappa shape index (κ2) is 6.92. The minimum atomic E-state index is -0.188. The Balaban J connectivity index is 2.16. The summed E-state index contributed by atoms with van der Waals surface area (Å²) in [6, 6.07) is 17.8. The molecule has 0 amide bonds. The summed E-state index contributed by atoms with van der Waals surface area (Å²) < 4.78 is 6.03. The van der Waals surface area contributed by atoms with E-state index in [0.717, 1.165) is 16.9 Å². The van der Waals surface area contributed by atoms with Gasteiger partial charge in [0.2, 0.25) is 0 Å². The van der Waals surface area contributed by atoms with E-state index in [2.05, 4.69) is 25.1 Å². The van der Waals surface area contributed by atoms with Gasteiger partial charge in [0.15, 0.2) is 0 Å². The molecule has 0 saturated heterocycles. The van der Waals surface area contributed by atoms with Crippen molar-refractivity contribution in [3.63, 3.8) is 0 Å². The lowest BCUT2D eigenvalue weighted by Gasteiger charge is -2.23. The van der Waals surface area contributed by atoms with Crippen LogP contribution in [-0.4, -0.2) is 6.04 Å². The number of hydrogen-bond acceptors (Lipinski definition) is 3. The van der Waals surface area contributed by atoms with E-state index < -0.39 is 0 Å². The average Bonchev–Trinajstić information content (AvgIpc) is 2.47. The van der Waals surface area contributed by atoms with Gasteiger partial charge in [-0.3, -0.25) is 0 Å². The van der Waals surface area contributed by atoms with Crippen LogP contribution < -0.4 is 10.5 Å². The van der Waals surface area contributed by atoms with E-state index >= 15 is 0 Å². The largest absolute Gasteiger partial charge is 0.484 e. The molecule has 2 aromatic carbocycles. The summed E-state index contributed by atoms with van der Waals surface area (Å²) in [5.74, 6) is 0.763. The second-order valence-electron chi connectivity index (χ2n) is 5.29. The third kappa shape index (κ3) is 4.08. The Morgan fingerprint density at radius 2 is 1.71 bits per heavy atom. The molecular formula is C18H20N2O. The molecule has 2 aromatic rings. The average molecular weight is 280 g/mol. The molecule has 0 aliphatic carbocycles. The van der Waals surface area contributed by atoms with Crippen molar-refractivity contribution in [2.45, 2.75) is 32.4 Å². The van der Waals surface area contributed by atoms with Crippen LogP contribution in [0.5, 0.6) is 5.75 Å². The van der Waals surface area contributed by atoms with E-state index in [1.165, 1.54) is 5.56 Å². The highest BCUT2D eigenvalue weighted by Gasteiger charge is 2.18. The number of rotatable bonds is 5. The second-order valence-corrected chi connectivity index (χ2v) is 5.29. The van der Waals surface area contributed by atoms with Crippen LogP contribution in [0.15, 0.2) is 48.5 Å². The summed E-state index contributed by atoms with van der Waals surface area (Å²) >= 11 is 0. The zero-order chi connectivity index (χ0) is 15.2. The van der Waals surface area contributed by atoms with Gasteiger partial charge in [-0.05, 0) is 37.1 Å². The van der Waals surface area contributed by atoms with Crippen molar-refractivity contribution in [2.75, 3.05) is 0 Å². The monoisotopic (exact) mass is 280 g/mol. The van der Waals surface area contributed by atoms with Gasteiger partial charge in [-0.25, -0.2) is 0 Å². The topological polar surface area (TPSA) is 59.0 Å². The number of nitrogens with zero attached hydrogens (tertiary/aromatic N) is 1. The van der Waals surface area contributed by atoms with Gasteiger partial charge in [0, 0.05) is 6.04 Å². The van der Waals surface area contributed by atoms with Crippen LogP contribution in [0.2, 0.25) is 0 Å². The molecule has 0 radical (unpaired) electrons. The van der Waals surface area contributed by atoms with E-state index in [1.807, 2.05) is 43.3 Å². The normalized spacial score (nSPS) is 13.2. The molecule has 2 atom stereocenters. The lowest BCUT2D eigenvalue weighted by molar-refractivity contribution is 0.180. The highest BCUT2D eigenvalue weighted by atomic mass is 16.5. The first-order chi connectivity index (χ1) is 10.1. The van der Waals surface area contributed by atoms with Gasteiger partial charge in [0.05, 0.1) is 12.5 Å². The summed E-state index contributed by atoms with van der Waals surface area (Å²) in [5.41, 5.74) is 9.33. The van der Waals surface area contributed by atoms with Crippen molar-refractivity contribution in [1.82, 2.24) is 0 Å². The SMILES string of the molecule is Cc1ccc(C(Oc2ccc(CC#N)cc2)C(C)N)cc1. The number of nitrogens with two attached hydrogens (primary N) is 1. The van der Waals surface area contributed by atoms with Crippen molar-refractivity contribution in [3.8, 4) is 11.8 Å². The number of benzene rings is 2. The molecule has 0 saturated carbocycles. The van der Waals surface area contributed by atoms with Crippen LogP contribution in [0.4, 0.5) is 0 Å². The maximum atomic E-state index is 8.68. The highest BCUT2D eigenvalue weighted by molar-refractivity contribution is 5.31. The molecule has 2 unspecified atom stereocenters. The molecule has 0 spiro atoms. The molecule has 3 heteroatoms. The van der Waals surface area contributed by atoms with Gasteiger partial charge in [0.1, 0.15) is 11.9 Å². The van der Waals surface area contributed by atoms with Gasteiger partial charge in [-0.15, -0.1) is 0 Å². The van der Waals surface area contributed by atoms with E-state index in [9.17, 15) is 0 Å². The molecule has 0 aromatic heterocycles. The van der Waals surface area contributed by atoms with E-state index in [0.29, 0.717) is 6.42 Å². The predicted octanol–water partition coefficient (Wildman–Crippen LogP) is 3.53. The molecule has 0 aliphatic heterocycles. The first-order valence-electron chi connectivity index (χ1n) is 7.05. The fourth-order valence-electron chi connectivity index (χ4n) is 2.16. The Morgan fingerprint density at radius 3 is 2.24 bits per heavy atom. The Bertz CT molecular complexity index is 609. The summed E-state index contributed by atoms with van der Waals surface area (Å²) in [7, 11) is 0. The van der Waals surface area contributed by atoms with Crippen molar-refractivity contribution < 1.29 is 4.74 Å². The molecule has 21 heavy (non-hydrogen) atoms. The first kappa shape index (κ1) is 15.1. The molecule has 3 nitrogen and oxygen atoms in total. The van der Waals surface area contributed by atoms with Crippen molar-refractivity contribution in [2.24, 2.45) is 5.73 Å². The molecule has 0 fully saturated rings. The number of nitriles is 1. The molecular weight excluding hydrogens is 260 g/mol. The van der Waals surface area contributed by atoms with Crippen molar-refractivity contribution in [1.29, 1.82) is 5.26 Å². The minimum absolute atomic E-state index is 0.119. The van der Waals surface area contributed by atoms with Crippen molar-refractivity contribution >= 4 is 0 Å². The summed E-state index contributed by atoms with van der Waals surface area (Å²) in [6.45, 7) is 3.99. The molecule has 2 N–H and O–H groups in total. The Hall–Kier alpha value is -2.31. The molecule has 0 bridgehead atoms. The van der Waals surface area contributed by atoms with Crippen molar-refractivity contribution in [3.05, 3.63) is 65.2 Å². The van der Waals surface area contributed by atoms with E-state index in [4.69, 9.17) is 15.7 Å². The standard InChI is InChI=1S/C18H20N2O/c1-13-3-7-16(8-4-13)18(14(2)20)21-17-9-5-15(6-10-17)11-12-19/h3-10,14,18H,11,20H2,1-2H3. The third-order valence-corrected chi connectivity index (χ3v) is 3.35. The fourth-order valence-corrected chi connectivity index (χ4v) is 2.16. The van der Waals surface area contributed by atoms with Gasteiger partial charge >= 0.3 is 0 Å². The number of aryl methyl sites for hydroxylation is 1. The van der Waals surface area contributed by atoms with Crippen LogP contribution >= 0.6 is 0 Å². The summed E-state index contributed by atoms with van der Waals surface area (Å²) in [5, 5.41) is 8.68.